The van der Waals surface area contributed by atoms with Crippen molar-refractivity contribution >= 4 is 5.91 Å². The summed E-state index contributed by atoms with van der Waals surface area (Å²) >= 11 is 0. The van der Waals surface area contributed by atoms with Crippen LogP contribution in [0.3, 0.4) is 0 Å². The molecule has 0 saturated carbocycles. The lowest BCUT2D eigenvalue weighted by atomic mass is 10.0. The molecule has 18 heavy (non-hydrogen) atoms. The molecule has 2 aliphatic rings. The fraction of sp³-hybridized carbons (Fsp3) is 0.615. The summed E-state index contributed by atoms with van der Waals surface area (Å²) in [4.78, 5) is 22.3. The normalized spacial score (nSPS) is 30.6. The summed E-state index contributed by atoms with van der Waals surface area (Å²) in [6.45, 7) is 5.42. The van der Waals surface area contributed by atoms with Crippen molar-refractivity contribution in [2.45, 2.75) is 32.5 Å². The van der Waals surface area contributed by atoms with Crippen LogP contribution in [0.5, 0.6) is 0 Å². The summed E-state index contributed by atoms with van der Waals surface area (Å²) in [5.74, 6) is 0.454. The molecule has 1 aromatic heterocycles. The Bertz CT molecular complexity index is 446. The van der Waals surface area contributed by atoms with Gasteiger partial charge in [-0.25, -0.2) is 4.98 Å². The highest BCUT2D eigenvalue weighted by atomic mass is 16.5. The molecule has 0 aromatic carbocycles. The van der Waals surface area contributed by atoms with Gasteiger partial charge in [0.1, 0.15) is 5.69 Å². The van der Waals surface area contributed by atoms with Gasteiger partial charge in [-0.15, -0.1) is 0 Å². The maximum atomic E-state index is 12.2. The zero-order chi connectivity index (χ0) is 12.7. The molecule has 0 radical (unpaired) electrons. The summed E-state index contributed by atoms with van der Waals surface area (Å²) in [5.41, 5.74) is 1.25. The van der Waals surface area contributed by atoms with Gasteiger partial charge in [0.05, 0.1) is 24.1 Å². The summed E-state index contributed by atoms with van der Waals surface area (Å²) in [6.07, 6.45) is 4.77. The number of hydrogen-bond acceptors (Lipinski definition) is 4. The molecule has 2 saturated heterocycles. The zero-order valence-corrected chi connectivity index (χ0v) is 10.7. The van der Waals surface area contributed by atoms with Gasteiger partial charge in [0, 0.05) is 25.2 Å². The van der Waals surface area contributed by atoms with Crippen molar-refractivity contribution in [3.05, 3.63) is 23.8 Å². The van der Waals surface area contributed by atoms with E-state index in [1.807, 2.05) is 11.8 Å². The monoisotopic (exact) mass is 247 g/mol. The van der Waals surface area contributed by atoms with E-state index in [4.69, 9.17) is 4.74 Å². The van der Waals surface area contributed by atoms with E-state index in [9.17, 15) is 4.79 Å². The van der Waals surface area contributed by atoms with E-state index in [0.717, 1.165) is 18.7 Å². The molecule has 1 aromatic rings. The van der Waals surface area contributed by atoms with Gasteiger partial charge in [0.25, 0.3) is 5.91 Å². The number of aromatic nitrogens is 2. The molecule has 96 valence electrons. The zero-order valence-electron chi connectivity index (χ0n) is 10.7. The van der Waals surface area contributed by atoms with Gasteiger partial charge in [-0.2, -0.15) is 0 Å². The summed E-state index contributed by atoms with van der Waals surface area (Å²) in [7, 11) is 0. The molecule has 5 nitrogen and oxygen atoms in total. The molecule has 3 heterocycles. The highest BCUT2D eigenvalue weighted by molar-refractivity contribution is 5.92. The molecule has 2 fully saturated rings. The van der Waals surface area contributed by atoms with E-state index in [0.29, 0.717) is 24.3 Å². The standard InChI is InChI=1S/C13H17N3O2/c1-8-4-15-11(5-14-8)13(17)16-6-10-3-9(2)18-12(10)7-16/h4-5,9-10,12H,3,6-7H2,1-2H3/t9-,10+,12-/m0/s1. The Kier molecular flexibility index (Phi) is 2.78. The Morgan fingerprint density at radius 3 is 2.89 bits per heavy atom. The van der Waals surface area contributed by atoms with Crippen LogP contribution in [0.15, 0.2) is 12.4 Å². The number of carbonyl (C=O) groups excluding carboxylic acids is 1. The molecule has 5 heteroatoms. The lowest BCUT2D eigenvalue weighted by Gasteiger charge is -2.17. The number of hydrogen-bond donors (Lipinski definition) is 0. The van der Waals surface area contributed by atoms with Crippen LogP contribution in [-0.4, -0.2) is 46.1 Å². The Morgan fingerprint density at radius 1 is 1.39 bits per heavy atom. The van der Waals surface area contributed by atoms with Gasteiger partial charge >= 0.3 is 0 Å². The van der Waals surface area contributed by atoms with Crippen molar-refractivity contribution in [3.63, 3.8) is 0 Å². The molecule has 3 atom stereocenters. The molecule has 0 aliphatic carbocycles. The highest BCUT2D eigenvalue weighted by Gasteiger charge is 2.42. The van der Waals surface area contributed by atoms with E-state index in [-0.39, 0.29) is 12.0 Å². The van der Waals surface area contributed by atoms with Gasteiger partial charge in [-0.05, 0) is 20.3 Å². The quantitative estimate of drug-likeness (QED) is 0.744. The SMILES string of the molecule is Cc1cnc(C(=O)N2C[C@H]3C[C@H](C)O[C@H]3C2)cn1. The molecular formula is C13H17N3O2. The van der Waals surface area contributed by atoms with Crippen LogP contribution in [0, 0.1) is 12.8 Å². The van der Waals surface area contributed by atoms with Crippen LogP contribution < -0.4 is 0 Å². The fourth-order valence-corrected chi connectivity index (χ4v) is 2.83. The topological polar surface area (TPSA) is 55.3 Å². The van der Waals surface area contributed by atoms with Crippen LogP contribution >= 0.6 is 0 Å². The van der Waals surface area contributed by atoms with Gasteiger partial charge < -0.3 is 9.64 Å². The summed E-state index contributed by atoms with van der Waals surface area (Å²) < 4.78 is 5.79. The Balaban J connectivity index is 1.70. The minimum absolute atomic E-state index is 0.0341. The van der Waals surface area contributed by atoms with Crippen molar-refractivity contribution in [2.24, 2.45) is 5.92 Å². The first-order chi connectivity index (χ1) is 8.63. The number of ether oxygens (including phenoxy) is 1. The van der Waals surface area contributed by atoms with Gasteiger partial charge in [0.15, 0.2) is 0 Å². The summed E-state index contributed by atoms with van der Waals surface area (Å²) in [6, 6.07) is 0. The van der Waals surface area contributed by atoms with E-state index >= 15 is 0 Å². The Labute approximate surface area is 106 Å². The van der Waals surface area contributed by atoms with Gasteiger partial charge in [0.2, 0.25) is 0 Å². The molecule has 0 spiro atoms. The average molecular weight is 247 g/mol. The van der Waals surface area contributed by atoms with E-state index in [1.54, 1.807) is 12.4 Å². The van der Waals surface area contributed by atoms with Crippen molar-refractivity contribution in [1.29, 1.82) is 0 Å². The number of carbonyl (C=O) groups is 1. The minimum Gasteiger partial charge on any atom is -0.373 e. The molecule has 0 unspecified atom stereocenters. The maximum absolute atomic E-state index is 12.2. The van der Waals surface area contributed by atoms with E-state index in [1.165, 1.54) is 0 Å². The molecule has 0 N–H and O–H groups in total. The van der Waals surface area contributed by atoms with E-state index < -0.39 is 0 Å². The number of likely N-dealkylation sites (tertiary alicyclic amines) is 1. The van der Waals surface area contributed by atoms with Crippen LogP contribution in [0.25, 0.3) is 0 Å². The fourth-order valence-electron chi connectivity index (χ4n) is 2.83. The largest absolute Gasteiger partial charge is 0.373 e. The number of nitrogens with zero attached hydrogens (tertiary/aromatic N) is 3. The first-order valence-electron chi connectivity index (χ1n) is 6.37. The average Bonchev–Trinajstić information content (AvgIpc) is 2.86. The number of amides is 1. The van der Waals surface area contributed by atoms with Crippen molar-refractivity contribution in [3.8, 4) is 0 Å². The highest BCUT2D eigenvalue weighted by Crippen LogP contribution is 2.33. The second-order valence-corrected chi connectivity index (χ2v) is 5.23. The third-order valence-electron chi connectivity index (χ3n) is 3.71. The molecule has 1 amide bonds. The molecular weight excluding hydrogens is 230 g/mol. The van der Waals surface area contributed by atoms with E-state index in [2.05, 4.69) is 16.9 Å². The van der Waals surface area contributed by atoms with Gasteiger partial charge in [-0.3, -0.25) is 9.78 Å². The van der Waals surface area contributed by atoms with Crippen LogP contribution in [0.1, 0.15) is 29.5 Å². The third kappa shape index (κ3) is 1.99. The van der Waals surface area contributed by atoms with Crippen LogP contribution in [0.4, 0.5) is 0 Å². The smallest absolute Gasteiger partial charge is 0.274 e. The first kappa shape index (κ1) is 11.6. The second-order valence-electron chi connectivity index (χ2n) is 5.23. The molecule has 3 rings (SSSR count). The number of aryl methyl sites for hydroxylation is 1. The van der Waals surface area contributed by atoms with Crippen LogP contribution in [-0.2, 0) is 4.74 Å². The first-order valence-corrected chi connectivity index (χ1v) is 6.37. The maximum Gasteiger partial charge on any atom is 0.274 e. The van der Waals surface area contributed by atoms with Crippen molar-refractivity contribution in [2.75, 3.05) is 13.1 Å². The predicted octanol–water partition coefficient (Wildman–Crippen LogP) is 1.03. The van der Waals surface area contributed by atoms with Crippen molar-refractivity contribution in [1.82, 2.24) is 14.9 Å². The Hall–Kier alpha value is -1.49. The van der Waals surface area contributed by atoms with Crippen LogP contribution in [0.2, 0.25) is 0 Å². The van der Waals surface area contributed by atoms with Crippen molar-refractivity contribution < 1.29 is 9.53 Å². The second kappa shape index (κ2) is 4.31. The number of fused-ring (bicyclic) bond motifs is 1. The number of rotatable bonds is 1. The molecule has 0 bridgehead atoms. The Morgan fingerprint density at radius 2 is 2.22 bits per heavy atom. The minimum atomic E-state index is -0.0341. The lowest BCUT2D eigenvalue weighted by molar-refractivity contribution is 0.0441. The lowest BCUT2D eigenvalue weighted by Crippen LogP contribution is -2.31. The summed E-state index contributed by atoms with van der Waals surface area (Å²) in [5, 5.41) is 0. The van der Waals surface area contributed by atoms with Gasteiger partial charge in [-0.1, -0.05) is 0 Å². The predicted molar refractivity (Wildman–Crippen MR) is 65.1 cm³/mol. The molecule has 2 aliphatic heterocycles. The third-order valence-corrected chi connectivity index (χ3v) is 3.71.